The summed E-state index contributed by atoms with van der Waals surface area (Å²) in [6.45, 7) is 20.6. The summed E-state index contributed by atoms with van der Waals surface area (Å²) in [6.07, 6.45) is 2.63. The van der Waals surface area contributed by atoms with Gasteiger partial charge >= 0.3 is 0 Å². The average molecular weight is 241 g/mol. The minimum atomic E-state index is -1.52. The second kappa shape index (κ2) is 6.60. The third-order valence-corrected chi connectivity index (χ3v) is 10.0. The predicted molar refractivity (Wildman–Crippen MR) is 78.3 cm³/mol. The van der Waals surface area contributed by atoms with Crippen molar-refractivity contribution in [3.8, 4) is 0 Å². The standard InChI is InChI=1S/C14H31NSi/c1-8-12-13-16(11-4,14(5,6)7)15(9-2)10-3/h11H,4,8-10,12-13H2,1-3,5-7H3. The fourth-order valence-electron chi connectivity index (χ4n) is 2.78. The van der Waals surface area contributed by atoms with Crippen molar-refractivity contribution in [2.24, 2.45) is 0 Å². The summed E-state index contributed by atoms with van der Waals surface area (Å²) in [5.41, 5.74) is 2.33. The number of hydrogen-bond acceptors (Lipinski definition) is 1. The van der Waals surface area contributed by atoms with Gasteiger partial charge in [-0.1, -0.05) is 60.1 Å². The molecule has 0 N–H and O–H groups in total. The molecular formula is C14H31NSi. The third-order valence-electron chi connectivity index (χ3n) is 3.88. The van der Waals surface area contributed by atoms with Crippen molar-refractivity contribution in [1.82, 2.24) is 4.57 Å². The lowest BCUT2D eigenvalue weighted by Crippen LogP contribution is -2.58. The lowest BCUT2D eigenvalue weighted by Gasteiger charge is -2.48. The molecule has 0 bridgehead atoms. The first-order valence-electron chi connectivity index (χ1n) is 6.78. The van der Waals surface area contributed by atoms with Crippen LogP contribution in [-0.4, -0.2) is 25.9 Å². The second-order valence-corrected chi connectivity index (χ2v) is 10.5. The molecule has 0 saturated heterocycles. The molecule has 0 heterocycles. The lowest BCUT2D eigenvalue weighted by molar-refractivity contribution is 0.432. The van der Waals surface area contributed by atoms with Gasteiger partial charge in [0.1, 0.15) is 0 Å². The molecule has 1 nitrogen and oxygen atoms in total. The predicted octanol–water partition coefficient (Wildman–Crippen LogP) is 4.60. The lowest BCUT2D eigenvalue weighted by atomic mass is 10.2. The molecule has 0 aliphatic heterocycles. The zero-order valence-electron chi connectivity index (χ0n) is 12.3. The molecule has 0 aliphatic rings. The van der Waals surface area contributed by atoms with Crippen LogP contribution < -0.4 is 0 Å². The van der Waals surface area contributed by atoms with Gasteiger partial charge < -0.3 is 4.57 Å². The van der Waals surface area contributed by atoms with Gasteiger partial charge in [-0.25, -0.2) is 0 Å². The van der Waals surface area contributed by atoms with E-state index in [1.54, 1.807) is 0 Å². The maximum atomic E-state index is 4.19. The highest BCUT2D eigenvalue weighted by Gasteiger charge is 2.45. The number of nitrogens with zero attached hydrogens (tertiary/aromatic N) is 1. The summed E-state index contributed by atoms with van der Waals surface area (Å²) in [6, 6.07) is 1.36. The topological polar surface area (TPSA) is 3.24 Å². The van der Waals surface area contributed by atoms with Crippen LogP contribution in [0.1, 0.15) is 54.4 Å². The molecule has 96 valence electrons. The van der Waals surface area contributed by atoms with Gasteiger partial charge in [-0.15, -0.1) is 6.58 Å². The van der Waals surface area contributed by atoms with Gasteiger partial charge in [0.15, 0.2) is 8.24 Å². The Morgan fingerprint density at radius 3 is 1.88 bits per heavy atom. The maximum Gasteiger partial charge on any atom is 0.157 e. The van der Waals surface area contributed by atoms with Gasteiger partial charge in [-0.05, 0) is 24.2 Å². The SMILES string of the molecule is C=C[Si](CCCC)(N(CC)CC)C(C)(C)C. The molecule has 0 aromatic rings. The van der Waals surface area contributed by atoms with E-state index in [-0.39, 0.29) is 0 Å². The van der Waals surface area contributed by atoms with Crippen molar-refractivity contribution in [2.75, 3.05) is 13.1 Å². The van der Waals surface area contributed by atoms with Gasteiger partial charge in [-0.2, -0.15) is 0 Å². The van der Waals surface area contributed by atoms with E-state index >= 15 is 0 Å². The van der Waals surface area contributed by atoms with Crippen LogP contribution in [0.25, 0.3) is 0 Å². The molecule has 0 aromatic heterocycles. The molecule has 0 fully saturated rings. The van der Waals surface area contributed by atoms with Crippen LogP contribution in [0.15, 0.2) is 12.3 Å². The van der Waals surface area contributed by atoms with E-state index in [2.05, 4.69) is 58.4 Å². The molecule has 0 rings (SSSR count). The minimum absolute atomic E-state index is 0.385. The van der Waals surface area contributed by atoms with Crippen LogP contribution in [0.2, 0.25) is 11.1 Å². The molecule has 2 heteroatoms. The van der Waals surface area contributed by atoms with Crippen LogP contribution in [0.5, 0.6) is 0 Å². The summed E-state index contributed by atoms with van der Waals surface area (Å²) >= 11 is 0. The quantitative estimate of drug-likeness (QED) is 0.589. The Kier molecular flexibility index (Phi) is 6.57. The van der Waals surface area contributed by atoms with Crippen molar-refractivity contribution < 1.29 is 0 Å². The first kappa shape index (κ1) is 15.9. The highest BCUT2D eigenvalue weighted by Crippen LogP contribution is 2.42. The molecule has 1 atom stereocenters. The largest absolute Gasteiger partial charge is 0.320 e. The van der Waals surface area contributed by atoms with Crippen molar-refractivity contribution in [3.05, 3.63) is 12.3 Å². The number of rotatable bonds is 7. The Bertz CT molecular complexity index is 203. The first-order chi connectivity index (χ1) is 7.39. The molecule has 1 unspecified atom stereocenters. The fourth-order valence-corrected chi connectivity index (χ4v) is 7.89. The van der Waals surface area contributed by atoms with E-state index in [0.717, 1.165) is 13.1 Å². The van der Waals surface area contributed by atoms with Crippen molar-refractivity contribution in [1.29, 1.82) is 0 Å². The Balaban J connectivity index is 5.18. The molecule has 16 heavy (non-hydrogen) atoms. The van der Waals surface area contributed by atoms with Gasteiger partial charge in [0.05, 0.1) is 0 Å². The van der Waals surface area contributed by atoms with Gasteiger partial charge in [0.25, 0.3) is 0 Å². The zero-order valence-corrected chi connectivity index (χ0v) is 13.3. The van der Waals surface area contributed by atoms with Crippen LogP contribution >= 0.6 is 0 Å². The van der Waals surface area contributed by atoms with E-state index in [9.17, 15) is 0 Å². The molecular weight excluding hydrogens is 210 g/mol. The van der Waals surface area contributed by atoms with Crippen LogP contribution in [0, 0.1) is 0 Å². The van der Waals surface area contributed by atoms with Crippen LogP contribution in [0.4, 0.5) is 0 Å². The Hall–Kier alpha value is -0.0831. The molecule has 0 radical (unpaired) electrons. The van der Waals surface area contributed by atoms with Crippen LogP contribution in [0.3, 0.4) is 0 Å². The summed E-state index contributed by atoms with van der Waals surface area (Å²) in [5, 5.41) is 0.385. The highest BCUT2D eigenvalue weighted by molar-refractivity contribution is 6.84. The summed E-state index contributed by atoms with van der Waals surface area (Å²) in [4.78, 5) is 0. The van der Waals surface area contributed by atoms with E-state index in [1.807, 2.05) is 0 Å². The highest BCUT2D eigenvalue weighted by atomic mass is 28.3. The molecule has 0 spiro atoms. The summed E-state index contributed by atoms with van der Waals surface area (Å²) in [5.74, 6) is 0. The third kappa shape index (κ3) is 3.20. The molecule has 0 aliphatic carbocycles. The van der Waals surface area contributed by atoms with E-state index in [0.29, 0.717) is 5.04 Å². The summed E-state index contributed by atoms with van der Waals surface area (Å²) in [7, 11) is -1.52. The Labute approximate surface area is 104 Å². The maximum absolute atomic E-state index is 4.19. The monoisotopic (exact) mass is 241 g/mol. The summed E-state index contributed by atoms with van der Waals surface area (Å²) < 4.78 is 2.70. The van der Waals surface area contributed by atoms with Gasteiger partial charge in [0.2, 0.25) is 0 Å². The Morgan fingerprint density at radius 1 is 1.12 bits per heavy atom. The van der Waals surface area contributed by atoms with E-state index in [4.69, 9.17) is 0 Å². The fraction of sp³-hybridized carbons (Fsp3) is 0.857. The Morgan fingerprint density at radius 2 is 1.62 bits per heavy atom. The number of hydrogen-bond donors (Lipinski definition) is 0. The van der Waals surface area contributed by atoms with Crippen molar-refractivity contribution in [2.45, 2.75) is 65.5 Å². The molecule has 0 saturated carbocycles. The number of unbranched alkanes of at least 4 members (excludes halogenated alkanes) is 1. The molecule has 0 aromatic carbocycles. The zero-order chi connectivity index (χ0) is 12.8. The van der Waals surface area contributed by atoms with Gasteiger partial charge in [0, 0.05) is 0 Å². The van der Waals surface area contributed by atoms with Gasteiger partial charge in [-0.3, -0.25) is 0 Å². The minimum Gasteiger partial charge on any atom is -0.320 e. The smallest absolute Gasteiger partial charge is 0.157 e. The van der Waals surface area contributed by atoms with E-state index < -0.39 is 8.24 Å². The van der Waals surface area contributed by atoms with Crippen LogP contribution in [-0.2, 0) is 0 Å². The van der Waals surface area contributed by atoms with Crippen molar-refractivity contribution >= 4 is 8.24 Å². The molecule has 0 amide bonds. The second-order valence-electron chi connectivity index (χ2n) is 5.65. The first-order valence-corrected chi connectivity index (χ1v) is 9.01. The van der Waals surface area contributed by atoms with E-state index in [1.165, 1.54) is 18.9 Å². The average Bonchev–Trinajstić information content (AvgIpc) is 2.22. The van der Waals surface area contributed by atoms with Crippen molar-refractivity contribution in [3.63, 3.8) is 0 Å². The normalized spacial score (nSPS) is 16.2.